The number of aryl methyl sites for hydroxylation is 2. The maximum atomic E-state index is 13.7. The first-order valence-corrected chi connectivity index (χ1v) is 14.4. The Kier molecular flexibility index (Phi) is 7.68. The van der Waals surface area contributed by atoms with Gasteiger partial charge in [-0.25, -0.2) is 9.59 Å². The van der Waals surface area contributed by atoms with Crippen LogP contribution in [-0.2, 0) is 23.1 Å². The molecule has 0 bridgehead atoms. The first-order valence-electron chi connectivity index (χ1n) is 12.7. The van der Waals surface area contributed by atoms with E-state index < -0.39 is 79.7 Å². The van der Waals surface area contributed by atoms with E-state index in [4.69, 9.17) is 18.5 Å². The SMILES string of the molecule is Cc1cn([C@H]2C[C@H](O)[C@@H]([C@@H]3CCC[P@@](=O)(O[C@H]4C[C@H](n5cc(C)c(=O)[nH]c5=O)O[C@@H]4CO)O3)O2)c(=O)[nH]c1=O. The molecule has 0 aliphatic carbocycles. The number of aliphatic hydroxyl groups is 2. The maximum absolute atomic E-state index is 13.7. The van der Waals surface area contributed by atoms with Crippen LogP contribution >= 0.6 is 7.60 Å². The number of aromatic nitrogens is 4. The van der Waals surface area contributed by atoms with Gasteiger partial charge in [-0.1, -0.05) is 0 Å². The molecule has 3 aliphatic rings. The number of aromatic amines is 2. The fourth-order valence-corrected chi connectivity index (χ4v) is 7.34. The first kappa shape index (κ1) is 27.9. The van der Waals surface area contributed by atoms with Crippen LogP contribution < -0.4 is 22.5 Å². The van der Waals surface area contributed by atoms with Crippen molar-refractivity contribution in [2.24, 2.45) is 0 Å². The van der Waals surface area contributed by atoms with Gasteiger partial charge in [0.05, 0.1) is 31.1 Å². The second-order valence-corrected chi connectivity index (χ2v) is 12.2. The van der Waals surface area contributed by atoms with Crippen LogP contribution in [0.5, 0.6) is 0 Å². The van der Waals surface area contributed by atoms with E-state index in [-0.39, 0.29) is 19.0 Å². The Morgan fingerprint density at radius 2 is 1.59 bits per heavy atom. The largest absolute Gasteiger partial charge is 0.394 e. The van der Waals surface area contributed by atoms with Gasteiger partial charge in [0.25, 0.3) is 11.1 Å². The van der Waals surface area contributed by atoms with Gasteiger partial charge in [-0.2, -0.15) is 0 Å². The third kappa shape index (κ3) is 5.53. The third-order valence-electron chi connectivity index (χ3n) is 7.29. The highest BCUT2D eigenvalue weighted by Crippen LogP contribution is 2.57. The Morgan fingerprint density at radius 3 is 2.18 bits per heavy atom. The number of hydrogen-bond donors (Lipinski definition) is 4. The van der Waals surface area contributed by atoms with E-state index in [1.807, 2.05) is 0 Å². The zero-order valence-corrected chi connectivity index (χ0v) is 22.2. The molecule has 0 unspecified atom stereocenters. The molecule has 2 aromatic heterocycles. The van der Waals surface area contributed by atoms with Crippen LogP contribution in [0.15, 0.2) is 31.6 Å². The molecule has 5 heterocycles. The normalized spacial score (nSPS) is 34.9. The maximum Gasteiger partial charge on any atom is 0.331 e. The average molecular weight is 570 g/mol. The Morgan fingerprint density at radius 1 is 1.00 bits per heavy atom. The molecule has 16 heteroatoms. The topological polar surface area (TPSA) is 204 Å². The number of hydrogen-bond acceptors (Lipinski definition) is 11. The lowest BCUT2D eigenvalue weighted by Crippen LogP contribution is -2.39. The minimum atomic E-state index is -3.75. The summed E-state index contributed by atoms with van der Waals surface area (Å²) in [5.41, 5.74) is -1.80. The molecule has 15 nitrogen and oxygen atoms in total. The molecule has 3 saturated heterocycles. The summed E-state index contributed by atoms with van der Waals surface area (Å²) in [5.74, 6) is 0. The fraction of sp³-hybridized carbons (Fsp3) is 0.652. The quantitative estimate of drug-likeness (QED) is 0.323. The minimum Gasteiger partial charge on any atom is -0.394 e. The lowest BCUT2D eigenvalue weighted by Gasteiger charge is -2.35. The van der Waals surface area contributed by atoms with E-state index in [0.717, 1.165) is 0 Å². The summed E-state index contributed by atoms with van der Waals surface area (Å²) in [5, 5.41) is 20.6. The molecule has 8 atom stereocenters. The summed E-state index contributed by atoms with van der Waals surface area (Å²) >= 11 is 0. The van der Waals surface area contributed by atoms with Crippen molar-refractivity contribution < 1.29 is 33.3 Å². The van der Waals surface area contributed by atoms with Crippen molar-refractivity contribution in [3.05, 3.63) is 65.2 Å². The molecule has 39 heavy (non-hydrogen) atoms. The highest BCUT2D eigenvalue weighted by Gasteiger charge is 2.48. The van der Waals surface area contributed by atoms with Crippen LogP contribution in [-0.4, -0.2) is 72.6 Å². The van der Waals surface area contributed by atoms with Crippen molar-refractivity contribution in [3.63, 3.8) is 0 Å². The zero-order valence-electron chi connectivity index (χ0n) is 21.3. The number of aliphatic hydroxyl groups excluding tert-OH is 2. The highest BCUT2D eigenvalue weighted by molar-refractivity contribution is 7.53. The summed E-state index contributed by atoms with van der Waals surface area (Å²) in [7, 11) is -3.75. The molecule has 0 spiro atoms. The van der Waals surface area contributed by atoms with Gasteiger partial charge < -0.3 is 28.7 Å². The molecule has 3 fully saturated rings. The molecule has 0 amide bonds. The molecular formula is C23H31N4O11P. The van der Waals surface area contributed by atoms with Gasteiger partial charge in [-0.15, -0.1) is 0 Å². The molecule has 0 saturated carbocycles. The third-order valence-corrected chi connectivity index (χ3v) is 9.34. The monoisotopic (exact) mass is 570 g/mol. The summed E-state index contributed by atoms with van der Waals surface area (Å²) in [6, 6.07) is 0. The van der Waals surface area contributed by atoms with E-state index in [1.54, 1.807) is 6.92 Å². The second kappa shape index (κ2) is 10.7. The average Bonchev–Trinajstić information content (AvgIpc) is 3.46. The van der Waals surface area contributed by atoms with Gasteiger partial charge in [-0.05, 0) is 26.7 Å². The van der Waals surface area contributed by atoms with Crippen LogP contribution in [0.25, 0.3) is 0 Å². The van der Waals surface area contributed by atoms with Crippen molar-refractivity contribution >= 4 is 7.60 Å². The van der Waals surface area contributed by atoms with Gasteiger partial charge in [0.2, 0.25) is 0 Å². The van der Waals surface area contributed by atoms with E-state index >= 15 is 0 Å². The number of rotatable bonds is 6. The van der Waals surface area contributed by atoms with Crippen molar-refractivity contribution in [3.8, 4) is 0 Å². The first-order chi connectivity index (χ1) is 18.5. The molecule has 2 aromatic rings. The standard InChI is InChI=1S/C23H31N4O11P/c1-11-8-26(22(32)24-20(11)30)17-6-13(29)19(36-17)14-4-3-5-39(34,37-14)38-15-7-18(35-16(15)10-28)27-9-12(2)21(31)25-23(27)33/h8-9,13-19,28-29H,3-7,10H2,1-2H3,(H,24,30,32)(H,25,31,33)/t13-,14-,15-,16+,17+,18+,19-,39-/m0/s1. The smallest absolute Gasteiger partial charge is 0.331 e. The van der Waals surface area contributed by atoms with Crippen LogP contribution in [0.2, 0.25) is 0 Å². The zero-order chi connectivity index (χ0) is 28.1. The van der Waals surface area contributed by atoms with E-state index in [0.29, 0.717) is 24.0 Å². The van der Waals surface area contributed by atoms with Gasteiger partial charge >= 0.3 is 19.0 Å². The Bertz CT molecular complexity index is 1510. The molecule has 0 radical (unpaired) electrons. The van der Waals surface area contributed by atoms with Crippen LogP contribution in [0.1, 0.15) is 49.3 Å². The number of nitrogens with one attached hydrogen (secondary N) is 2. The molecule has 214 valence electrons. The van der Waals surface area contributed by atoms with Crippen molar-refractivity contribution in [2.75, 3.05) is 12.8 Å². The Balaban J connectivity index is 1.29. The van der Waals surface area contributed by atoms with E-state index in [2.05, 4.69) is 9.97 Å². The molecule has 5 rings (SSSR count). The molecule has 4 N–H and O–H groups in total. The van der Waals surface area contributed by atoms with Gasteiger partial charge in [0.1, 0.15) is 24.7 Å². The van der Waals surface area contributed by atoms with Crippen molar-refractivity contribution in [1.29, 1.82) is 0 Å². The second-order valence-electron chi connectivity index (χ2n) is 10.1. The summed E-state index contributed by atoms with van der Waals surface area (Å²) in [6.07, 6.45) is -2.50. The van der Waals surface area contributed by atoms with Crippen LogP contribution in [0.4, 0.5) is 0 Å². The fourth-order valence-electron chi connectivity index (χ4n) is 5.23. The number of nitrogens with zero attached hydrogens (tertiary/aromatic N) is 2. The summed E-state index contributed by atoms with van der Waals surface area (Å²) < 4.78 is 39.6. The number of H-pyrrole nitrogens is 2. The van der Waals surface area contributed by atoms with E-state index in [9.17, 15) is 34.0 Å². The van der Waals surface area contributed by atoms with Gasteiger partial charge in [0, 0.05) is 36.4 Å². The van der Waals surface area contributed by atoms with Crippen molar-refractivity contribution in [2.45, 2.75) is 82.5 Å². The molecular weight excluding hydrogens is 539 g/mol. The van der Waals surface area contributed by atoms with Gasteiger partial charge in [0.15, 0.2) is 0 Å². The van der Waals surface area contributed by atoms with E-state index in [1.165, 1.54) is 28.5 Å². The molecule has 0 aromatic carbocycles. The summed E-state index contributed by atoms with van der Waals surface area (Å²) in [6.45, 7) is 2.61. The lowest BCUT2D eigenvalue weighted by molar-refractivity contribution is -0.0872. The predicted molar refractivity (Wildman–Crippen MR) is 134 cm³/mol. The lowest BCUT2D eigenvalue weighted by atomic mass is 10.0. The van der Waals surface area contributed by atoms with Crippen LogP contribution in [0, 0.1) is 13.8 Å². The Hall–Kier alpha value is -2.65. The minimum absolute atomic E-state index is 0.0547. The number of ether oxygens (including phenoxy) is 2. The van der Waals surface area contributed by atoms with Crippen LogP contribution in [0.3, 0.4) is 0 Å². The highest BCUT2D eigenvalue weighted by atomic mass is 31.2. The van der Waals surface area contributed by atoms with Gasteiger partial charge in [-0.3, -0.25) is 33.3 Å². The van der Waals surface area contributed by atoms with Crippen molar-refractivity contribution in [1.82, 2.24) is 19.1 Å². The summed E-state index contributed by atoms with van der Waals surface area (Å²) in [4.78, 5) is 52.4. The Labute approximate surface area is 220 Å². The predicted octanol–water partition coefficient (Wildman–Crippen LogP) is -0.611. The molecule has 3 aliphatic heterocycles.